The quantitative estimate of drug-likeness (QED) is 0.839. The maximum Gasteiger partial charge on any atom is 0.264 e. The third-order valence-corrected chi connectivity index (χ3v) is 3.87. The van der Waals surface area contributed by atoms with Crippen molar-refractivity contribution in [3.63, 3.8) is 0 Å². The number of hydrogen-bond donors (Lipinski definition) is 0. The fourth-order valence-corrected chi connectivity index (χ4v) is 2.55. The lowest BCUT2D eigenvalue weighted by molar-refractivity contribution is -0.131. The highest BCUT2D eigenvalue weighted by molar-refractivity contribution is 5.76. The molecule has 0 saturated carbocycles. The van der Waals surface area contributed by atoms with Gasteiger partial charge in [0.1, 0.15) is 5.39 Å². The van der Waals surface area contributed by atoms with Crippen LogP contribution in [0.5, 0.6) is 0 Å². The largest absolute Gasteiger partial charge is 0.343 e. The fourth-order valence-electron chi connectivity index (χ4n) is 2.55. The van der Waals surface area contributed by atoms with E-state index in [1.165, 1.54) is 10.9 Å². The van der Waals surface area contributed by atoms with E-state index in [4.69, 9.17) is 0 Å². The van der Waals surface area contributed by atoms with Crippen molar-refractivity contribution in [3.05, 3.63) is 22.9 Å². The Hall–Kier alpha value is -2.18. The topological polar surface area (TPSA) is 73.0 Å². The Morgan fingerprint density at radius 3 is 2.48 bits per heavy atom. The highest BCUT2D eigenvalue weighted by Gasteiger charge is 2.20. The third-order valence-electron chi connectivity index (χ3n) is 3.87. The molecular formula is C16H25N5O2. The first-order chi connectivity index (χ1) is 10.8. The number of aromatic nitrogens is 4. The minimum Gasteiger partial charge on any atom is -0.343 e. The van der Waals surface area contributed by atoms with Crippen molar-refractivity contribution >= 4 is 16.9 Å². The van der Waals surface area contributed by atoms with Crippen molar-refractivity contribution in [2.45, 2.75) is 53.1 Å². The minimum atomic E-state index is -0.244. The summed E-state index contributed by atoms with van der Waals surface area (Å²) in [6.07, 6.45) is 3.35. The first-order valence-electron chi connectivity index (χ1n) is 8.01. The molecule has 0 aliphatic heterocycles. The Labute approximate surface area is 135 Å². The highest BCUT2D eigenvalue weighted by Crippen LogP contribution is 2.17. The summed E-state index contributed by atoms with van der Waals surface area (Å²) in [6, 6.07) is 0. The SMILES string of the molecule is CCN(CC)C(=O)CCn1cnc2c(cnn2C(C)(C)C)c1=O. The lowest BCUT2D eigenvalue weighted by Crippen LogP contribution is -2.32. The molecule has 2 heterocycles. The molecule has 126 valence electrons. The second kappa shape index (κ2) is 6.52. The molecule has 0 N–H and O–H groups in total. The predicted molar refractivity (Wildman–Crippen MR) is 89.3 cm³/mol. The van der Waals surface area contributed by atoms with E-state index in [2.05, 4.69) is 10.1 Å². The Morgan fingerprint density at radius 2 is 1.91 bits per heavy atom. The van der Waals surface area contributed by atoms with Gasteiger partial charge in [0.25, 0.3) is 5.56 Å². The van der Waals surface area contributed by atoms with E-state index in [0.717, 1.165) is 0 Å². The number of rotatable bonds is 5. The smallest absolute Gasteiger partial charge is 0.264 e. The van der Waals surface area contributed by atoms with Gasteiger partial charge < -0.3 is 4.90 Å². The van der Waals surface area contributed by atoms with Gasteiger partial charge in [0.15, 0.2) is 5.65 Å². The van der Waals surface area contributed by atoms with Crippen LogP contribution in [0.2, 0.25) is 0 Å². The first-order valence-corrected chi connectivity index (χ1v) is 8.01. The van der Waals surface area contributed by atoms with Crippen LogP contribution in [0.1, 0.15) is 41.0 Å². The van der Waals surface area contributed by atoms with E-state index in [9.17, 15) is 9.59 Å². The molecule has 2 aromatic heterocycles. The standard InChI is InChI=1S/C16H25N5O2/c1-6-19(7-2)13(22)8-9-20-11-17-14-12(15(20)23)10-18-21(14)16(3,4)5/h10-11H,6-9H2,1-5H3. The Kier molecular flexibility index (Phi) is 4.87. The van der Waals surface area contributed by atoms with Crippen LogP contribution >= 0.6 is 0 Å². The first kappa shape index (κ1) is 17.2. The van der Waals surface area contributed by atoms with Crippen molar-refractivity contribution in [3.8, 4) is 0 Å². The van der Waals surface area contributed by atoms with Crippen LogP contribution < -0.4 is 5.56 Å². The summed E-state index contributed by atoms with van der Waals surface area (Å²) in [5.74, 6) is 0.0485. The van der Waals surface area contributed by atoms with Gasteiger partial charge in [-0.25, -0.2) is 9.67 Å². The molecule has 0 unspecified atom stereocenters. The molecule has 0 spiro atoms. The van der Waals surface area contributed by atoms with E-state index < -0.39 is 0 Å². The number of hydrogen-bond acceptors (Lipinski definition) is 4. The van der Waals surface area contributed by atoms with Gasteiger partial charge in [0.05, 0.1) is 18.1 Å². The molecule has 0 aromatic carbocycles. The average molecular weight is 319 g/mol. The number of aryl methyl sites for hydroxylation is 1. The molecule has 0 saturated heterocycles. The van der Waals surface area contributed by atoms with Gasteiger partial charge >= 0.3 is 0 Å². The molecule has 7 heteroatoms. The van der Waals surface area contributed by atoms with Crippen LogP contribution in [0.15, 0.2) is 17.3 Å². The van der Waals surface area contributed by atoms with Gasteiger partial charge in [-0.3, -0.25) is 14.2 Å². The zero-order chi connectivity index (χ0) is 17.2. The Morgan fingerprint density at radius 1 is 1.26 bits per heavy atom. The molecule has 0 aliphatic rings. The summed E-state index contributed by atoms with van der Waals surface area (Å²) in [5.41, 5.74) is 0.179. The number of fused-ring (bicyclic) bond motifs is 1. The van der Waals surface area contributed by atoms with E-state index in [1.54, 1.807) is 15.8 Å². The van der Waals surface area contributed by atoms with Crippen LogP contribution in [0.4, 0.5) is 0 Å². The predicted octanol–water partition coefficient (Wildman–Crippen LogP) is 1.61. The second-order valence-electron chi connectivity index (χ2n) is 6.52. The van der Waals surface area contributed by atoms with Crippen molar-refractivity contribution in [2.24, 2.45) is 0 Å². The molecule has 2 aromatic rings. The number of nitrogens with zero attached hydrogens (tertiary/aromatic N) is 5. The second-order valence-corrected chi connectivity index (χ2v) is 6.52. The summed E-state index contributed by atoms with van der Waals surface area (Å²) >= 11 is 0. The van der Waals surface area contributed by atoms with Crippen molar-refractivity contribution < 1.29 is 4.79 Å². The van der Waals surface area contributed by atoms with Crippen LogP contribution in [0.3, 0.4) is 0 Å². The van der Waals surface area contributed by atoms with Gasteiger partial charge in [0.2, 0.25) is 5.91 Å². The monoisotopic (exact) mass is 319 g/mol. The summed E-state index contributed by atoms with van der Waals surface area (Å²) in [5, 5.41) is 4.77. The summed E-state index contributed by atoms with van der Waals surface area (Å²) in [6.45, 7) is 11.6. The van der Waals surface area contributed by atoms with E-state index in [-0.39, 0.29) is 17.0 Å². The van der Waals surface area contributed by atoms with Crippen LogP contribution in [-0.2, 0) is 16.9 Å². The number of amides is 1. The summed E-state index contributed by atoms with van der Waals surface area (Å²) in [7, 11) is 0. The Bertz CT molecular complexity index is 750. The molecule has 23 heavy (non-hydrogen) atoms. The van der Waals surface area contributed by atoms with Gasteiger partial charge in [-0.2, -0.15) is 5.10 Å². The zero-order valence-corrected chi connectivity index (χ0v) is 14.5. The number of carbonyl (C=O) groups is 1. The maximum absolute atomic E-state index is 12.5. The molecule has 7 nitrogen and oxygen atoms in total. The Balaban J connectivity index is 2.26. The van der Waals surface area contributed by atoms with E-state index >= 15 is 0 Å². The average Bonchev–Trinajstić information content (AvgIpc) is 2.92. The van der Waals surface area contributed by atoms with Crippen LogP contribution in [0.25, 0.3) is 11.0 Å². The number of carbonyl (C=O) groups excluding carboxylic acids is 1. The van der Waals surface area contributed by atoms with Gasteiger partial charge in [-0.15, -0.1) is 0 Å². The van der Waals surface area contributed by atoms with Crippen molar-refractivity contribution in [1.29, 1.82) is 0 Å². The fraction of sp³-hybridized carbons (Fsp3) is 0.625. The maximum atomic E-state index is 12.5. The summed E-state index contributed by atoms with van der Waals surface area (Å²) in [4.78, 5) is 30.7. The molecule has 2 rings (SSSR count). The zero-order valence-electron chi connectivity index (χ0n) is 14.5. The highest BCUT2D eigenvalue weighted by atomic mass is 16.2. The van der Waals surface area contributed by atoms with Crippen molar-refractivity contribution in [2.75, 3.05) is 13.1 Å². The molecule has 0 fully saturated rings. The summed E-state index contributed by atoms with van der Waals surface area (Å²) < 4.78 is 3.23. The van der Waals surface area contributed by atoms with E-state index in [0.29, 0.717) is 37.1 Å². The molecule has 0 atom stereocenters. The van der Waals surface area contributed by atoms with E-state index in [1.807, 2.05) is 34.6 Å². The lowest BCUT2D eigenvalue weighted by atomic mass is 10.1. The molecular weight excluding hydrogens is 294 g/mol. The lowest BCUT2D eigenvalue weighted by Gasteiger charge is -2.20. The minimum absolute atomic E-state index is 0.0485. The third kappa shape index (κ3) is 3.43. The van der Waals surface area contributed by atoms with Gasteiger partial charge in [-0.05, 0) is 34.6 Å². The molecule has 0 radical (unpaired) electrons. The van der Waals surface area contributed by atoms with Gasteiger partial charge in [-0.1, -0.05) is 0 Å². The molecule has 0 bridgehead atoms. The molecule has 0 aliphatic carbocycles. The normalized spacial score (nSPS) is 11.9. The van der Waals surface area contributed by atoms with Crippen LogP contribution in [-0.4, -0.2) is 43.2 Å². The molecule has 1 amide bonds. The van der Waals surface area contributed by atoms with Crippen LogP contribution in [0, 0.1) is 0 Å². The van der Waals surface area contributed by atoms with Gasteiger partial charge in [0, 0.05) is 26.1 Å². The van der Waals surface area contributed by atoms with Crippen molar-refractivity contribution in [1.82, 2.24) is 24.2 Å².